The molecule has 4 heteroatoms. The van der Waals surface area contributed by atoms with E-state index in [1.807, 2.05) is 31.2 Å². The molecule has 0 spiro atoms. The summed E-state index contributed by atoms with van der Waals surface area (Å²) in [6.45, 7) is 3.28. The predicted octanol–water partition coefficient (Wildman–Crippen LogP) is 1.76. The third kappa shape index (κ3) is 2.21. The van der Waals surface area contributed by atoms with E-state index in [2.05, 4.69) is 5.32 Å². The van der Waals surface area contributed by atoms with E-state index < -0.39 is 0 Å². The minimum atomic E-state index is -0.171. The second kappa shape index (κ2) is 4.49. The van der Waals surface area contributed by atoms with Gasteiger partial charge in [0.25, 0.3) is 0 Å². The van der Waals surface area contributed by atoms with Gasteiger partial charge in [0.05, 0.1) is 0 Å². The lowest BCUT2D eigenvalue weighted by Crippen LogP contribution is -2.42. The molecule has 1 aromatic rings. The molecule has 0 fully saturated rings. The van der Waals surface area contributed by atoms with E-state index in [1.165, 1.54) is 0 Å². The van der Waals surface area contributed by atoms with Crippen LogP contribution in [0.5, 0.6) is 11.5 Å². The van der Waals surface area contributed by atoms with Gasteiger partial charge in [-0.15, -0.1) is 0 Å². The van der Waals surface area contributed by atoms with Crippen molar-refractivity contribution in [3.63, 3.8) is 0 Å². The molecular weight excluding hydrogens is 210 g/mol. The lowest BCUT2D eigenvalue weighted by atomic mass is 10.2. The standard InChI is InChI=1S/C11H13NO2S/c1-2-12-11(15)10-7-13-8-5-3-4-6-9(8)14-10/h3-6,10H,2,7H2,1H3,(H,12,15). The molecule has 3 nitrogen and oxygen atoms in total. The first-order chi connectivity index (χ1) is 7.31. The summed E-state index contributed by atoms with van der Waals surface area (Å²) in [5.74, 6) is 1.54. The van der Waals surface area contributed by atoms with Crippen LogP contribution in [0.1, 0.15) is 6.92 Å². The fraction of sp³-hybridized carbons (Fsp3) is 0.364. The van der Waals surface area contributed by atoms with Gasteiger partial charge in [-0.1, -0.05) is 24.4 Å². The van der Waals surface area contributed by atoms with Crippen LogP contribution in [0.4, 0.5) is 0 Å². The third-order valence-electron chi connectivity index (χ3n) is 2.15. The number of thiocarbonyl (C=S) groups is 1. The molecule has 0 bridgehead atoms. The summed E-state index contributed by atoms with van der Waals surface area (Å²) in [5.41, 5.74) is 0. The van der Waals surface area contributed by atoms with Crippen molar-refractivity contribution < 1.29 is 9.47 Å². The Morgan fingerprint density at radius 3 is 2.93 bits per heavy atom. The number of hydrogen-bond acceptors (Lipinski definition) is 3. The average molecular weight is 223 g/mol. The molecule has 0 saturated carbocycles. The number of likely N-dealkylation sites (N-methyl/N-ethyl adjacent to an activating group) is 1. The smallest absolute Gasteiger partial charge is 0.182 e. The quantitative estimate of drug-likeness (QED) is 0.774. The zero-order chi connectivity index (χ0) is 10.7. The van der Waals surface area contributed by atoms with Gasteiger partial charge in [-0.3, -0.25) is 0 Å². The Bertz CT molecular complexity index is 367. The second-order valence-electron chi connectivity index (χ2n) is 3.26. The predicted molar refractivity (Wildman–Crippen MR) is 62.6 cm³/mol. The maximum atomic E-state index is 5.72. The molecule has 80 valence electrons. The molecule has 0 aliphatic carbocycles. The topological polar surface area (TPSA) is 30.5 Å². The molecular formula is C11H13NO2S. The van der Waals surface area contributed by atoms with Crippen LogP contribution >= 0.6 is 12.2 Å². The molecule has 0 radical (unpaired) electrons. The van der Waals surface area contributed by atoms with E-state index in [-0.39, 0.29) is 6.10 Å². The fourth-order valence-corrected chi connectivity index (χ4v) is 1.70. The molecule has 1 N–H and O–H groups in total. The Hall–Kier alpha value is -1.29. The van der Waals surface area contributed by atoms with Gasteiger partial charge in [-0.05, 0) is 19.1 Å². The van der Waals surface area contributed by atoms with E-state index in [0.29, 0.717) is 11.6 Å². The molecule has 1 aromatic carbocycles. The molecule has 0 saturated heterocycles. The highest BCUT2D eigenvalue weighted by atomic mass is 32.1. The largest absolute Gasteiger partial charge is 0.485 e. The summed E-state index contributed by atoms with van der Waals surface area (Å²) in [7, 11) is 0. The highest BCUT2D eigenvalue weighted by molar-refractivity contribution is 7.80. The normalized spacial score (nSPS) is 18.3. The molecule has 15 heavy (non-hydrogen) atoms. The lowest BCUT2D eigenvalue weighted by Gasteiger charge is -2.26. The first kappa shape index (κ1) is 10.2. The van der Waals surface area contributed by atoms with Crippen molar-refractivity contribution in [3.8, 4) is 11.5 Å². The SMILES string of the molecule is CCNC(=S)C1COc2ccccc2O1. The molecule has 0 amide bonds. The third-order valence-corrected chi connectivity index (χ3v) is 2.56. The molecule has 2 rings (SSSR count). The number of benzene rings is 1. The lowest BCUT2D eigenvalue weighted by molar-refractivity contribution is 0.134. The monoisotopic (exact) mass is 223 g/mol. The number of ether oxygens (including phenoxy) is 2. The first-order valence-electron chi connectivity index (χ1n) is 4.97. The van der Waals surface area contributed by atoms with Crippen molar-refractivity contribution in [1.82, 2.24) is 5.32 Å². The minimum Gasteiger partial charge on any atom is -0.485 e. The van der Waals surface area contributed by atoms with Gasteiger partial charge in [0.1, 0.15) is 11.6 Å². The zero-order valence-corrected chi connectivity index (χ0v) is 9.34. The number of rotatable bonds is 2. The van der Waals surface area contributed by atoms with Crippen molar-refractivity contribution in [3.05, 3.63) is 24.3 Å². The summed E-state index contributed by atoms with van der Waals surface area (Å²) in [6.07, 6.45) is -0.171. The van der Waals surface area contributed by atoms with Crippen LogP contribution in [0.2, 0.25) is 0 Å². The van der Waals surface area contributed by atoms with Crippen molar-refractivity contribution in [2.75, 3.05) is 13.2 Å². The van der Waals surface area contributed by atoms with Gasteiger partial charge >= 0.3 is 0 Å². The Morgan fingerprint density at radius 1 is 1.47 bits per heavy atom. The molecule has 1 atom stereocenters. The molecule has 1 unspecified atom stereocenters. The van der Waals surface area contributed by atoms with Crippen LogP contribution in [0.3, 0.4) is 0 Å². The Kier molecular flexibility index (Phi) is 3.06. The van der Waals surface area contributed by atoms with Crippen LogP contribution < -0.4 is 14.8 Å². The maximum absolute atomic E-state index is 5.72. The Labute approximate surface area is 94.4 Å². The van der Waals surface area contributed by atoms with E-state index in [0.717, 1.165) is 18.0 Å². The minimum absolute atomic E-state index is 0.171. The van der Waals surface area contributed by atoms with Gasteiger partial charge in [-0.2, -0.15) is 0 Å². The van der Waals surface area contributed by atoms with Crippen molar-refractivity contribution in [1.29, 1.82) is 0 Å². The number of hydrogen-bond donors (Lipinski definition) is 1. The molecule has 1 aliphatic heterocycles. The van der Waals surface area contributed by atoms with Crippen molar-refractivity contribution in [2.45, 2.75) is 13.0 Å². The second-order valence-corrected chi connectivity index (χ2v) is 3.70. The summed E-state index contributed by atoms with van der Waals surface area (Å²) >= 11 is 5.19. The summed E-state index contributed by atoms with van der Waals surface area (Å²) < 4.78 is 11.3. The van der Waals surface area contributed by atoms with Crippen LogP contribution in [0.15, 0.2) is 24.3 Å². The summed E-state index contributed by atoms with van der Waals surface area (Å²) in [5, 5.41) is 3.07. The first-order valence-corrected chi connectivity index (χ1v) is 5.38. The van der Waals surface area contributed by atoms with Gasteiger partial charge < -0.3 is 14.8 Å². The van der Waals surface area contributed by atoms with Gasteiger partial charge in [0.15, 0.2) is 17.6 Å². The average Bonchev–Trinajstić information content (AvgIpc) is 2.29. The van der Waals surface area contributed by atoms with Crippen molar-refractivity contribution >= 4 is 17.2 Å². The summed E-state index contributed by atoms with van der Waals surface area (Å²) in [4.78, 5) is 0.701. The van der Waals surface area contributed by atoms with Crippen LogP contribution in [0.25, 0.3) is 0 Å². The highest BCUT2D eigenvalue weighted by Gasteiger charge is 2.23. The molecule has 0 aromatic heterocycles. The molecule has 1 heterocycles. The van der Waals surface area contributed by atoms with E-state index in [1.54, 1.807) is 0 Å². The van der Waals surface area contributed by atoms with E-state index in [4.69, 9.17) is 21.7 Å². The Morgan fingerprint density at radius 2 is 2.20 bits per heavy atom. The van der Waals surface area contributed by atoms with Crippen LogP contribution in [-0.2, 0) is 0 Å². The van der Waals surface area contributed by atoms with Gasteiger partial charge in [-0.25, -0.2) is 0 Å². The van der Waals surface area contributed by atoms with Gasteiger partial charge in [0, 0.05) is 6.54 Å². The Balaban J connectivity index is 2.08. The van der Waals surface area contributed by atoms with Gasteiger partial charge in [0.2, 0.25) is 0 Å². The van der Waals surface area contributed by atoms with E-state index in [9.17, 15) is 0 Å². The number of fused-ring (bicyclic) bond motifs is 1. The summed E-state index contributed by atoms with van der Waals surface area (Å²) in [6, 6.07) is 7.61. The van der Waals surface area contributed by atoms with Crippen molar-refractivity contribution in [2.24, 2.45) is 0 Å². The number of para-hydroxylation sites is 2. The van der Waals surface area contributed by atoms with Crippen LogP contribution in [-0.4, -0.2) is 24.2 Å². The number of nitrogens with one attached hydrogen (secondary N) is 1. The fourth-order valence-electron chi connectivity index (χ4n) is 1.44. The molecule has 1 aliphatic rings. The van der Waals surface area contributed by atoms with E-state index >= 15 is 0 Å². The maximum Gasteiger partial charge on any atom is 0.182 e. The van der Waals surface area contributed by atoms with Crippen LogP contribution in [0, 0.1) is 0 Å². The zero-order valence-electron chi connectivity index (χ0n) is 8.53. The highest BCUT2D eigenvalue weighted by Crippen LogP contribution is 2.30.